The number of piperazine rings is 1. The largest absolute Gasteiger partial charge is 0.497 e. The van der Waals surface area contributed by atoms with Crippen LogP contribution in [0, 0.1) is 0 Å². The Kier molecular flexibility index (Phi) is 5.49. The highest BCUT2D eigenvalue weighted by Crippen LogP contribution is 2.29. The van der Waals surface area contributed by atoms with Gasteiger partial charge in [-0.1, -0.05) is 5.16 Å². The average Bonchev–Trinajstić information content (AvgIpc) is 3.30. The number of anilines is 1. The van der Waals surface area contributed by atoms with Crippen LogP contribution in [-0.4, -0.2) is 59.2 Å². The predicted molar refractivity (Wildman–Crippen MR) is 104 cm³/mol. The summed E-state index contributed by atoms with van der Waals surface area (Å²) in [5, 5.41) is 3.35. The third-order valence-corrected chi connectivity index (χ3v) is 4.90. The van der Waals surface area contributed by atoms with Crippen molar-refractivity contribution in [3.63, 3.8) is 0 Å². The van der Waals surface area contributed by atoms with E-state index in [4.69, 9.17) is 4.74 Å². The SMILES string of the molecule is COc1ccc(C(=O)N2CCN(c3ccc(-c4noc(C(F)(F)F)n4)cn3)CC2)cc1. The molecule has 0 unspecified atom stereocenters. The van der Waals surface area contributed by atoms with Crippen molar-refractivity contribution in [1.82, 2.24) is 20.0 Å². The molecule has 1 aromatic carbocycles. The predicted octanol–water partition coefficient (Wildman–Crippen LogP) is 3.12. The molecule has 31 heavy (non-hydrogen) atoms. The van der Waals surface area contributed by atoms with Crippen LogP contribution in [0.5, 0.6) is 5.75 Å². The number of amides is 1. The number of ether oxygens (including phenoxy) is 1. The smallest absolute Gasteiger partial charge is 0.471 e. The van der Waals surface area contributed by atoms with Crippen LogP contribution in [0.4, 0.5) is 19.0 Å². The monoisotopic (exact) mass is 433 g/mol. The van der Waals surface area contributed by atoms with Gasteiger partial charge in [0.05, 0.1) is 7.11 Å². The second kappa shape index (κ2) is 8.25. The summed E-state index contributed by atoms with van der Waals surface area (Å²) >= 11 is 0. The summed E-state index contributed by atoms with van der Waals surface area (Å²) in [7, 11) is 1.57. The van der Waals surface area contributed by atoms with Crippen LogP contribution >= 0.6 is 0 Å². The van der Waals surface area contributed by atoms with E-state index in [9.17, 15) is 18.0 Å². The van der Waals surface area contributed by atoms with Crippen molar-refractivity contribution in [1.29, 1.82) is 0 Å². The summed E-state index contributed by atoms with van der Waals surface area (Å²) in [5.41, 5.74) is 0.909. The van der Waals surface area contributed by atoms with Gasteiger partial charge in [-0.25, -0.2) is 4.98 Å². The van der Waals surface area contributed by atoms with E-state index in [1.165, 1.54) is 6.20 Å². The van der Waals surface area contributed by atoms with Gasteiger partial charge in [-0.05, 0) is 36.4 Å². The zero-order valence-corrected chi connectivity index (χ0v) is 16.5. The standard InChI is InChI=1S/C20H18F3N5O3/c1-30-15-5-2-13(3-6-15)18(29)28-10-8-27(9-11-28)16-7-4-14(12-24-16)17-25-19(31-26-17)20(21,22)23/h2-7,12H,8-11H2,1H3. The maximum Gasteiger partial charge on any atom is 0.471 e. The lowest BCUT2D eigenvalue weighted by atomic mass is 10.1. The fourth-order valence-corrected chi connectivity index (χ4v) is 3.22. The number of alkyl halides is 3. The van der Waals surface area contributed by atoms with Crippen molar-refractivity contribution in [3.05, 3.63) is 54.0 Å². The molecule has 162 valence electrons. The normalized spacial score (nSPS) is 14.6. The lowest BCUT2D eigenvalue weighted by Crippen LogP contribution is -2.49. The quantitative estimate of drug-likeness (QED) is 0.625. The molecule has 0 N–H and O–H groups in total. The van der Waals surface area contributed by atoms with Gasteiger partial charge in [-0.3, -0.25) is 4.79 Å². The minimum atomic E-state index is -4.69. The molecule has 0 spiro atoms. The second-order valence-corrected chi connectivity index (χ2v) is 6.83. The number of carbonyl (C=O) groups excluding carboxylic acids is 1. The summed E-state index contributed by atoms with van der Waals surface area (Å²) in [6.07, 6.45) is -3.29. The lowest BCUT2D eigenvalue weighted by molar-refractivity contribution is -0.159. The zero-order valence-electron chi connectivity index (χ0n) is 16.5. The molecule has 1 aliphatic rings. The third-order valence-electron chi connectivity index (χ3n) is 4.90. The molecular weight excluding hydrogens is 415 g/mol. The van der Waals surface area contributed by atoms with Crippen LogP contribution in [-0.2, 0) is 6.18 Å². The van der Waals surface area contributed by atoms with Crippen LogP contribution < -0.4 is 9.64 Å². The Labute approximate surface area is 175 Å². The Morgan fingerprint density at radius 3 is 2.32 bits per heavy atom. The minimum absolute atomic E-state index is 0.0526. The second-order valence-electron chi connectivity index (χ2n) is 6.83. The molecule has 0 saturated carbocycles. The molecule has 0 radical (unpaired) electrons. The summed E-state index contributed by atoms with van der Waals surface area (Å²) < 4.78 is 47.2. The fraction of sp³-hybridized carbons (Fsp3) is 0.300. The van der Waals surface area contributed by atoms with Crippen LogP contribution in [0.3, 0.4) is 0 Å². The van der Waals surface area contributed by atoms with E-state index in [2.05, 4.69) is 19.6 Å². The highest BCUT2D eigenvalue weighted by atomic mass is 19.4. The molecular formula is C20H18F3N5O3. The van der Waals surface area contributed by atoms with Crippen molar-refractivity contribution < 1.29 is 27.2 Å². The van der Waals surface area contributed by atoms with E-state index >= 15 is 0 Å². The molecule has 3 aromatic rings. The van der Waals surface area contributed by atoms with Gasteiger partial charge in [0.2, 0.25) is 5.82 Å². The number of pyridine rings is 1. The number of hydrogen-bond acceptors (Lipinski definition) is 7. The number of rotatable bonds is 4. The molecule has 3 heterocycles. The molecule has 0 atom stereocenters. The Morgan fingerprint density at radius 2 is 1.77 bits per heavy atom. The number of hydrogen-bond donors (Lipinski definition) is 0. The Morgan fingerprint density at radius 1 is 1.06 bits per heavy atom. The summed E-state index contributed by atoms with van der Waals surface area (Å²) in [4.78, 5) is 24.1. The van der Waals surface area contributed by atoms with E-state index in [1.54, 1.807) is 48.4 Å². The van der Waals surface area contributed by atoms with Crippen LogP contribution in [0.1, 0.15) is 16.2 Å². The molecule has 0 bridgehead atoms. The molecule has 1 saturated heterocycles. The van der Waals surface area contributed by atoms with E-state index in [-0.39, 0.29) is 11.7 Å². The molecule has 8 nitrogen and oxygen atoms in total. The molecule has 2 aromatic heterocycles. The van der Waals surface area contributed by atoms with Gasteiger partial charge in [0.15, 0.2) is 0 Å². The fourth-order valence-electron chi connectivity index (χ4n) is 3.22. The number of carbonyl (C=O) groups is 1. The Hall–Kier alpha value is -3.63. The Balaban J connectivity index is 1.37. The summed E-state index contributed by atoms with van der Waals surface area (Å²) in [6, 6.07) is 10.2. The first-order valence-corrected chi connectivity index (χ1v) is 9.41. The molecule has 11 heteroatoms. The van der Waals surface area contributed by atoms with Gasteiger partial charge in [0.1, 0.15) is 11.6 Å². The first kappa shape index (κ1) is 20.6. The number of aromatic nitrogens is 3. The first-order valence-electron chi connectivity index (χ1n) is 9.41. The molecule has 4 rings (SSSR count). The van der Waals surface area contributed by atoms with E-state index in [1.807, 2.05) is 4.90 Å². The van der Waals surface area contributed by atoms with Crippen molar-refractivity contribution >= 4 is 11.7 Å². The van der Waals surface area contributed by atoms with Gasteiger partial charge >= 0.3 is 12.1 Å². The number of halogens is 3. The maximum absolute atomic E-state index is 12.7. The molecule has 0 aliphatic carbocycles. The molecule has 1 aliphatic heterocycles. The van der Waals surface area contributed by atoms with E-state index in [0.717, 1.165) is 0 Å². The van der Waals surface area contributed by atoms with E-state index < -0.39 is 12.1 Å². The van der Waals surface area contributed by atoms with Crippen LogP contribution in [0.2, 0.25) is 0 Å². The van der Waals surface area contributed by atoms with Crippen LogP contribution in [0.25, 0.3) is 11.4 Å². The molecule has 1 fully saturated rings. The lowest BCUT2D eigenvalue weighted by Gasteiger charge is -2.35. The number of methoxy groups -OCH3 is 1. The van der Waals surface area contributed by atoms with Gasteiger partial charge in [0, 0.05) is 43.5 Å². The van der Waals surface area contributed by atoms with Crippen molar-refractivity contribution in [3.8, 4) is 17.1 Å². The van der Waals surface area contributed by atoms with E-state index in [0.29, 0.717) is 48.9 Å². The summed E-state index contributed by atoms with van der Waals surface area (Å²) in [6.45, 7) is 2.20. The number of benzene rings is 1. The highest BCUT2D eigenvalue weighted by molar-refractivity contribution is 5.94. The number of nitrogens with zero attached hydrogens (tertiary/aromatic N) is 5. The first-order chi connectivity index (χ1) is 14.8. The maximum atomic E-state index is 12.7. The van der Waals surface area contributed by atoms with Crippen molar-refractivity contribution in [2.24, 2.45) is 0 Å². The molecule has 1 amide bonds. The van der Waals surface area contributed by atoms with Gasteiger partial charge in [-0.2, -0.15) is 18.2 Å². The van der Waals surface area contributed by atoms with Crippen LogP contribution in [0.15, 0.2) is 47.1 Å². The highest BCUT2D eigenvalue weighted by Gasteiger charge is 2.38. The third kappa shape index (κ3) is 4.44. The average molecular weight is 433 g/mol. The zero-order chi connectivity index (χ0) is 22.0. The minimum Gasteiger partial charge on any atom is -0.497 e. The van der Waals surface area contributed by atoms with Gasteiger partial charge in [-0.15, -0.1) is 0 Å². The van der Waals surface area contributed by atoms with Crippen molar-refractivity contribution in [2.45, 2.75) is 6.18 Å². The summed E-state index contributed by atoms with van der Waals surface area (Å²) in [5.74, 6) is -0.292. The topological polar surface area (TPSA) is 84.6 Å². The Bertz CT molecular complexity index is 1040. The van der Waals surface area contributed by atoms with Gasteiger partial charge < -0.3 is 19.1 Å². The van der Waals surface area contributed by atoms with Crippen molar-refractivity contribution in [2.75, 3.05) is 38.2 Å². The van der Waals surface area contributed by atoms with Gasteiger partial charge in [0.25, 0.3) is 5.91 Å².